The summed E-state index contributed by atoms with van der Waals surface area (Å²) in [6.07, 6.45) is 1.41. The van der Waals surface area contributed by atoms with Crippen molar-refractivity contribution in [1.29, 1.82) is 0 Å². The molecule has 1 aromatic carbocycles. The van der Waals surface area contributed by atoms with E-state index in [1.807, 2.05) is 0 Å². The van der Waals surface area contributed by atoms with Crippen LogP contribution in [0.5, 0.6) is 0 Å². The average molecular weight is 343 g/mol. The second kappa shape index (κ2) is 6.62. The van der Waals surface area contributed by atoms with Crippen molar-refractivity contribution in [3.63, 3.8) is 0 Å². The van der Waals surface area contributed by atoms with Crippen LogP contribution in [-0.2, 0) is 11.8 Å². The highest BCUT2D eigenvalue weighted by atomic mass is 32.2. The highest BCUT2D eigenvalue weighted by Gasteiger charge is 2.12. The van der Waals surface area contributed by atoms with Crippen LogP contribution in [0.15, 0.2) is 35.6 Å². The van der Waals surface area contributed by atoms with Crippen LogP contribution >= 0.6 is 11.8 Å². The Morgan fingerprint density at radius 1 is 1.25 bits per heavy atom. The molecule has 0 atom stereocenters. The Balaban J connectivity index is 1.63. The fourth-order valence-electron chi connectivity index (χ4n) is 1.99. The van der Waals surface area contributed by atoms with Crippen molar-refractivity contribution >= 4 is 40.4 Å². The first-order valence-electron chi connectivity index (χ1n) is 6.87. The zero-order valence-corrected chi connectivity index (χ0v) is 13.4. The van der Waals surface area contributed by atoms with Crippen LogP contribution in [0, 0.1) is 0 Å². The SMILES string of the molecule is Cn1nnc2c(SCC(=O)Nc3ccc(C(N)=O)cc3)ncnc21. The molecule has 0 fully saturated rings. The number of fused-ring (bicyclic) bond motifs is 1. The van der Waals surface area contributed by atoms with Crippen LogP contribution in [0.25, 0.3) is 11.2 Å². The standard InChI is InChI=1S/C14H13N7O2S/c1-21-13-11(19-20-21)14(17-7-16-13)24-6-10(22)18-9-4-2-8(3-5-9)12(15)23/h2-5,7H,6H2,1H3,(H2,15,23)(H,18,22). The van der Waals surface area contributed by atoms with Gasteiger partial charge in [-0.2, -0.15) is 0 Å². The van der Waals surface area contributed by atoms with Gasteiger partial charge in [0.1, 0.15) is 11.4 Å². The molecule has 24 heavy (non-hydrogen) atoms. The Kier molecular flexibility index (Phi) is 4.38. The smallest absolute Gasteiger partial charge is 0.248 e. The van der Waals surface area contributed by atoms with Crippen LogP contribution in [0.3, 0.4) is 0 Å². The molecular formula is C14H13N7O2S. The second-order valence-electron chi connectivity index (χ2n) is 4.84. The number of hydrogen-bond acceptors (Lipinski definition) is 7. The van der Waals surface area contributed by atoms with E-state index in [4.69, 9.17) is 5.73 Å². The summed E-state index contributed by atoms with van der Waals surface area (Å²) in [4.78, 5) is 31.3. The van der Waals surface area contributed by atoms with Gasteiger partial charge in [0.25, 0.3) is 0 Å². The van der Waals surface area contributed by atoms with Gasteiger partial charge in [0.2, 0.25) is 11.8 Å². The molecule has 0 saturated heterocycles. The number of rotatable bonds is 5. The molecule has 3 aromatic rings. The summed E-state index contributed by atoms with van der Waals surface area (Å²) in [7, 11) is 1.74. The van der Waals surface area contributed by atoms with Gasteiger partial charge in [-0.3, -0.25) is 9.59 Å². The molecule has 0 spiro atoms. The Hall–Kier alpha value is -3.01. The molecule has 2 heterocycles. The van der Waals surface area contributed by atoms with Gasteiger partial charge in [0.15, 0.2) is 11.2 Å². The maximum Gasteiger partial charge on any atom is 0.248 e. The molecule has 0 unspecified atom stereocenters. The number of nitrogens with zero attached hydrogens (tertiary/aromatic N) is 5. The lowest BCUT2D eigenvalue weighted by Gasteiger charge is -2.05. The molecule has 3 rings (SSSR count). The lowest BCUT2D eigenvalue weighted by atomic mass is 10.2. The van der Waals surface area contributed by atoms with Crippen LogP contribution in [-0.4, -0.2) is 42.5 Å². The minimum absolute atomic E-state index is 0.153. The normalized spacial score (nSPS) is 10.7. The van der Waals surface area contributed by atoms with Gasteiger partial charge in [0, 0.05) is 18.3 Å². The number of primary amides is 1. The molecule has 122 valence electrons. The van der Waals surface area contributed by atoms with E-state index >= 15 is 0 Å². The lowest BCUT2D eigenvalue weighted by molar-refractivity contribution is -0.113. The Labute approximate surface area is 140 Å². The quantitative estimate of drug-likeness (QED) is 0.512. The van der Waals surface area contributed by atoms with Gasteiger partial charge in [-0.25, -0.2) is 14.6 Å². The van der Waals surface area contributed by atoms with Crippen molar-refractivity contribution in [2.75, 3.05) is 11.1 Å². The summed E-state index contributed by atoms with van der Waals surface area (Å²) in [5, 5.41) is 11.2. The van der Waals surface area contributed by atoms with E-state index in [1.54, 1.807) is 36.0 Å². The third kappa shape index (κ3) is 3.33. The highest BCUT2D eigenvalue weighted by Crippen LogP contribution is 2.22. The number of nitrogens with one attached hydrogen (secondary N) is 1. The first-order chi connectivity index (χ1) is 11.5. The average Bonchev–Trinajstić information content (AvgIpc) is 2.95. The van der Waals surface area contributed by atoms with E-state index in [1.165, 1.54) is 18.1 Å². The van der Waals surface area contributed by atoms with Crippen molar-refractivity contribution in [3.05, 3.63) is 36.2 Å². The number of carbonyl (C=O) groups excluding carboxylic acids is 2. The van der Waals surface area contributed by atoms with Crippen molar-refractivity contribution in [2.45, 2.75) is 5.03 Å². The molecule has 2 amide bonds. The zero-order chi connectivity index (χ0) is 17.1. The fraction of sp³-hybridized carbons (Fsp3) is 0.143. The molecule has 10 heteroatoms. The minimum Gasteiger partial charge on any atom is -0.366 e. The summed E-state index contributed by atoms with van der Waals surface area (Å²) >= 11 is 1.25. The van der Waals surface area contributed by atoms with Crippen LogP contribution in [0.2, 0.25) is 0 Å². The van der Waals surface area contributed by atoms with E-state index in [-0.39, 0.29) is 11.7 Å². The fourth-order valence-corrected chi connectivity index (χ4v) is 2.72. The Bertz CT molecular complexity index is 907. The van der Waals surface area contributed by atoms with Crippen molar-refractivity contribution < 1.29 is 9.59 Å². The number of nitrogens with two attached hydrogens (primary N) is 1. The first kappa shape index (κ1) is 15.9. The minimum atomic E-state index is -0.514. The van der Waals surface area contributed by atoms with Gasteiger partial charge in [-0.15, -0.1) is 5.10 Å². The number of anilines is 1. The maximum absolute atomic E-state index is 12.0. The number of carbonyl (C=O) groups is 2. The number of benzene rings is 1. The number of hydrogen-bond donors (Lipinski definition) is 2. The maximum atomic E-state index is 12.0. The highest BCUT2D eigenvalue weighted by molar-refractivity contribution is 8.00. The molecule has 3 N–H and O–H groups in total. The lowest BCUT2D eigenvalue weighted by Crippen LogP contribution is -2.15. The number of amides is 2. The zero-order valence-electron chi connectivity index (χ0n) is 12.6. The summed E-state index contributed by atoms with van der Waals surface area (Å²) < 4.78 is 1.54. The number of thioether (sulfide) groups is 1. The van der Waals surface area contributed by atoms with Crippen LogP contribution < -0.4 is 11.1 Å². The van der Waals surface area contributed by atoms with E-state index < -0.39 is 5.91 Å². The number of aryl methyl sites for hydroxylation is 1. The van der Waals surface area contributed by atoms with E-state index in [0.717, 1.165) is 0 Å². The predicted octanol–water partition coefficient (Wildman–Crippen LogP) is 0.588. The summed E-state index contributed by atoms with van der Waals surface area (Å²) in [6.45, 7) is 0. The molecule has 0 radical (unpaired) electrons. The van der Waals surface area contributed by atoms with E-state index in [9.17, 15) is 9.59 Å². The van der Waals surface area contributed by atoms with E-state index in [2.05, 4.69) is 25.6 Å². The van der Waals surface area contributed by atoms with Crippen molar-refractivity contribution in [3.8, 4) is 0 Å². The summed E-state index contributed by atoms with van der Waals surface area (Å²) in [5.41, 5.74) is 7.30. The summed E-state index contributed by atoms with van der Waals surface area (Å²) in [5.74, 6) is -0.567. The largest absolute Gasteiger partial charge is 0.366 e. The topological polar surface area (TPSA) is 129 Å². The second-order valence-corrected chi connectivity index (χ2v) is 5.81. The Morgan fingerprint density at radius 3 is 2.71 bits per heavy atom. The van der Waals surface area contributed by atoms with Crippen molar-refractivity contribution in [1.82, 2.24) is 25.0 Å². The van der Waals surface area contributed by atoms with Gasteiger partial charge in [-0.05, 0) is 24.3 Å². The monoisotopic (exact) mass is 343 g/mol. The molecule has 0 bridgehead atoms. The molecule has 9 nitrogen and oxygen atoms in total. The third-order valence-corrected chi connectivity index (χ3v) is 4.13. The van der Waals surface area contributed by atoms with Gasteiger partial charge >= 0.3 is 0 Å². The predicted molar refractivity (Wildman–Crippen MR) is 88.4 cm³/mol. The van der Waals surface area contributed by atoms with Crippen LogP contribution in [0.4, 0.5) is 5.69 Å². The van der Waals surface area contributed by atoms with Gasteiger partial charge < -0.3 is 11.1 Å². The summed E-state index contributed by atoms with van der Waals surface area (Å²) in [6, 6.07) is 6.35. The van der Waals surface area contributed by atoms with E-state index in [0.29, 0.717) is 27.4 Å². The molecule has 2 aromatic heterocycles. The Morgan fingerprint density at radius 2 is 2.00 bits per heavy atom. The van der Waals surface area contributed by atoms with Gasteiger partial charge in [-0.1, -0.05) is 17.0 Å². The molecule has 0 saturated carbocycles. The molecule has 0 aliphatic rings. The van der Waals surface area contributed by atoms with Crippen molar-refractivity contribution in [2.24, 2.45) is 12.8 Å². The molecule has 0 aliphatic carbocycles. The third-order valence-electron chi connectivity index (χ3n) is 3.15. The molecular weight excluding hydrogens is 330 g/mol. The number of aromatic nitrogens is 5. The van der Waals surface area contributed by atoms with Crippen LogP contribution in [0.1, 0.15) is 10.4 Å². The molecule has 0 aliphatic heterocycles. The first-order valence-corrected chi connectivity index (χ1v) is 7.86. The van der Waals surface area contributed by atoms with Gasteiger partial charge in [0.05, 0.1) is 5.75 Å².